The summed E-state index contributed by atoms with van der Waals surface area (Å²) >= 11 is 0. The summed E-state index contributed by atoms with van der Waals surface area (Å²) in [6.07, 6.45) is 6.75. The van der Waals surface area contributed by atoms with Gasteiger partial charge in [-0.05, 0) is 61.7 Å². The zero-order valence-electron chi connectivity index (χ0n) is 16.2. The maximum atomic E-state index is 12.2. The second-order valence-corrected chi connectivity index (χ2v) is 10.6. The molecule has 2 heterocycles. The van der Waals surface area contributed by atoms with Crippen LogP contribution >= 0.6 is 10.9 Å². The molecule has 0 atom stereocenters. The summed E-state index contributed by atoms with van der Waals surface area (Å²) < 4.78 is 6.11. The van der Waals surface area contributed by atoms with Crippen LogP contribution in [-0.4, -0.2) is 66.4 Å². The quantitative estimate of drug-likeness (QED) is 0.653. The molecule has 2 N–H and O–H groups in total. The maximum absolute atomic E-state index is 12.2. The van der Waals surface area contributed by atoms with Gasteiger partial charge in [0.25, 0.3) is 0 Å². The van der Waals surface area contributed by atoms with Crippen molar-refractivity contribution < 1.29 is 9.53 Å². The maximum Gasteiger partial charge on any atom is 0.232 e. The average molecular weight is 392 g/mol. The van der Waals surface area contributed by atoms with E-state index < -0.39 is 0 Å². The van der Waals surface area contributed by atoms with Gasteiger partial charge in [0.1, 0.15) is 11.9 Å². The van der Waals surface area contributed by atoms with Gasteiger partial charge in [0, 0.05) is 37.7 Å². The van der Waals surface area contributed by atoms with Crippen molar-refractivity contribution in [3.8, 4) is 5.75 Å². The van der Waals surface area contributed by atoms with Crippen LogP contribution in [0.5, 0.6) is 5.75 Å². The van der Waals surface area contributed by atoms with Crippen LogP contribution in [0, 0.1) is 0 Å². The number of amides is 1. The molecule has 27 heavy (non-hydrogen) atoms. The summed E-state index contributed by atoms with van der Waals surface area (Å²) in [6, 6.07) is 8.62. The van der Waals surface area contributed by atoms with E-state index in [9.17, 15) is 4.79 Å². The van der Waals surface area contributed by atoms with Gasteiger partial charge in [-0.3, -0.25) is 4.79 Å². The first-order valence-electron chi connectivity index (χ1n) is 10.5. The summed E-state index contributed by atoms with van der Waals surface area (Å²) in [5.41, 5.74) is 0.872. The Labute approximate surface area is 165 Å². The molecule has 0 aromatic heterocycles. The van der Waals surface area contributed by atoms with Gasteiger partial charge in [-0.2, -0.15) is 0 Å². The van der Waals surface area contributed by atoms with Crippen molar-refractivity contribution in [3.05, 3.63) is 24.3 Å². The number of carbonyl (C=O) groups excluding carboxylic acids is 1. The zero-order valence-corrected chi connectivity index (χ0v) is 17.1. The van der Waals surface area contributed by atoms with Gasteiger partial charge < -0.3 is 20.3 Å². The molecule has 2 saturated heterocycles. The molecule has 1 aromatic rings. The summed E-state index contributed by atoms with van der Waals surface area (Å²) in [6.45, 7) is 4.66. The second-order valence-electron chi connectivity index (χ2n) is 8.06. The third kappa shape index (κ3) is 5.39. The SMILES string of the molecule is O=C(C[SH]1CCNCC1)Nc1ccc(OC2CC(N3CCCCC3)C2)cc1. The first-order chi connectivity index (χ1) is 13.3. The summed E-state index contributed by atoms with van der Waals surface area (Å²) in [5.74, 6) is 4.08. The molecule has 0 unspecified atom stereocenters. The Balaban J connectivity index is 1.18. The molecule has 1 saturated carbocycles. The minimum absolute atomic E-state index is 0.133. The number of anilines is 1. The number of rotatable bonds is 6. The van der Waals surface area contributed by atoms with Gasteiger partial charge in [0.05, 0.1) is 5.75 Å². The number of likely N-dealkylation sites (tertiary alicyclic amines) is 1. The number of hydrogen-bond donors (Lipinski definition) is 3. The standard InChI is InChI=1S/C21H33N3O2S/c25-21(16-27-12-8-22-9-13-27)23-17-4-6-19(7-5-17)26-20-14-18(15-20)24-10-2-1-3-11-24/h4-7,18,20,22,27H,1-3,8-16H2,(H,23,25). The van der Waals surface area contributed by atoms with E-state index in [1.165, 1.54) is 32.4 Å². The van der Waals surface area contributed by atoms with E-state index in [1.54, 1.807) is 0 Å². The predicted molar refractivity (Wildman–Crippen MR) is 114 cm³/mol. The van der Waals surface area contributed by atoms with Crippen LogP contribution < -0.4 is 15.4 Å². The number of piperidine rings is 1. The fraction of sp³-hybridized carbons (Fsp3) is 0.667. The van der Waals surface area contributed by atoms with Gasteiger partial charge in [0.15, 0.2) is 0 Å². The van der Waals surface area contributed by atoms with Gasteiger partial charge in [-0.25, -0.2) is 10.9 Å². The molecule has 1 aliphatic carbocycles. The molecule has 2 aliphatic heterocycles. The highest BCUT2D eigenvalue weighted by Crippen LogP contribution is 2.32. The second kappa shape index (κ2) is 9.30. The van der Waals surface area contributed by atoms with Crippen LogP contribution in [0.1, 0.15) is 32.1 Å². The Hall–Kier alpha value is -1.24. The van der Waals surface area contributed by atoms with Crippen LogP contribution in [0.15, 0.2) is 24.3 Å². The number of nitrogens with zero attached hydrogens (tertiary/aromatic N) is 1. The molecular weight excluding hydrogens is 358 g/mol. The molecule has 6 heteroatoms. The third-order valence-corrected chi connectivity index (χ3v) is 8.44. The van der Waals surface area contributed by atoms with Crippen LogP contribution in [0.25, 0.3) is 0 Å². The highest BCUT2D eigenvalue weighted by atomic mass is 32.2. The van der Waals surface area contributed by atoms with Crippen molar-refractivity contribution in [2.45, 2.75) is 44.2 Å². The summed E-state index contributed by atoms with van der Waals surface area (Å²) in [4.78, 5) is 14.9. The molecular formula is C21H33N3O2S. The largest absolute Gasteiger partial charge is 0.490 e. The molecule has 4 rings (SSSR count). The summed E-state index contributed by atoms with van der Waals surface area (Å²) in [7, 11) is -0.133. The molecule has 0 bridgehead atoms. The fourth-order valence-corrected chi connectivity index (χ4v) is 6.27. The Kier molecular flexibility index (Phi) is 6.58. The lowest BCUT2D eigenvalue weighted by Gasteiger charge is -2.44. The Morgan fingerprint density at radius 3 is 2.52 bits per heavy atom. The van der Waals surface area contributed by atoms with Gasteiger partial charge >= 0.3 is 0 Å². The van der Waals surface area contributed by atoms with Crippen molar-refractivity contribution in [1.82, 2.24) is 10.2 Å². The Morgan fingerprint density at radius 1 is 1.11 bits per heavy atom. The minimum atomic E-state index is -0.133. The van der Waals surface area contributed by atoms with Crippen molar-refractivity contribution in [2.24, 2.45) is 0 Å². The topological polar surface area (TPSA) is 53.6 Å². The van der Waals surface area contributed by atoms with E-state index in [-0.39, 0.29) is 16.8 Å². The Morgan fingerprint density at radius 2 is 1.81 bits per heavy atom. The van der Waals surface area contributed by atoms with Crippen LogP contribution in [0.4, 0.5) is 5.69 Å². The van der Waals surface area contributed by atoms with Crippen LogP contribution in [-0.2, 0) is 4.79 Å². The minimum Gasteiger partial charge on any atom is -0.490 e. The Bertz CT molecular complexity index is 606. The van der Waals surface area contributed by atoms with Crippen LogP contribution in [0.3, 0.4) is 0 Å². The molecule has 0 spiro atoms. The van der Waals surface area contributed by atoms with Crippen molar-refractivity contribution in [1.29, 1.82) is 0 Å². The van der Waals surface area contributed by atoms with Gasteiger partial charge in [-0.1, -0.05) is 6.42 Å². The number of carbonyl (C=O) groups is 1. The first kappa shape index (κ1) is 19.1. The van der Waals surface area contributed by atoms with Crippen molar-refractivity contribution in [2.75, 3.05) is 48.8 Å². The van der Waals surface area contributed by atoms with E-state index in [0.29, 0.717) is 11.9 Å². The monoisotopic (exact) mass is 391 g/mol. The van der Waals surface area contributed by atoms with E-state index in [1.807, 2.05) is 24.3 Å². The number of ether oxygens (including phenoxy) is 1. The highest BCUT2D eigenvalue weighted by molar-refractivity contribution is 8.17. The lowest BCUT2D eigenvalue weighted by molar-refractivity contribution is -0.113. The smallest absolute Gasteiger partial charge is 0.232 e. The highest BCUT2D eigenvalue weighted by Gasteiger charge is 2.35. The number of benzene rings is 1. The molecule has 3 aliphatic rings. The fourth-order valence-electron chi connectivity index (χ4n) is 4.30. The van der Waals surface area contributed by atoms with E-state index >= 15 is 0 Å². The average Bonchev–Trinajstić information content (AvgIpc) is 2.67. The third-order valence-electron chi connectivity index (χ3n) is 5.99. The summed E-state index contributed by atoms with van der Waals surface area (Å²) in [5, 5.41) is 6.40. The van der Waals surface area contributed by atoms with E-state index in [2.05, 4.69) is 15.5 Å². The lowest BCUT2D eigenvalue weighted by Crippen LogP contribution is -2.50. The predicted octanol–water partition coefficient (Wildman–Crippen LogP) is 2.63. The van der Waals surface area contributed by atoms with Gasteiger partial charge in [-0.15, -0.1) is 0 Å². The number of hydrogen-bond acceptors (Lipinski definition) is 4. The van der Waals surface area contributed by atoms with E-state index in [4.69, 9.17) is 4.74 Å². The zero-order chi connectivity index (χ0) is 18.5. The molecule has 0 radical (unpaired) electrons. The van der Waals surface area contributed by atoms with E-state index in [0.717, 1.165) is 54.9 Å². The lowest BCUT2D eigenvalue weighted by atomic mass is 9.86. The molecule has 5 nitrogen and oxygen atoms in total. The number of nitrogens with one attached hydrogen (secondary N) is 2. The van der Waals surface area contributed by atoms with Crippen molar-refractivity contribution >= 4 is 22.5 Å². The molecule has 1 amide bonds. The molecule has 150 valence electrons. The normalized spacial score (nSPS) is 27.6. The molecule has 1 aromatic carbocycles. The van der Waals surface area contributed by atoms with Crippen molar-refractivity contribution in [3.63, 3.8) is 0 Å². The van der Waals surface area contributed by atoms with Crippen LogP contribution in [0.2, 0.25) is 0 Å². The van der Waals surface area contributed by atoms with Gasteiger partial charge in [0.2, 0.25) is 5.91 Å². The molecule has 3 fully saturated rings. The number of thiol groups is 1. The first-order valence-corrected chi connectivity index (χ1v) is 12.4.